The number of imide groups is 1. The average molecular weight is 551 g/mol. The number of ether oxygens (including phenoxy) is 2. The van der Waals surface area contributed by atoms with Crippen molar-refractivity contribution in [2.24, 2.45) is 0 Å². The predicted molar refractivity (Wildman–Crippen MR) is 151 cm³/mol. The van der Waals surface area contributed by atoms with Crippen LogP contribution in [0.25, 0.3) is 17.0 Å². The number of carbonyl (C=O) groups is 3. The number of fused-ring (bicyclic) bond motifs is 2. The Morgan fingerprint density at radius 1 is 1.07 bits per heavy atom. The number of thioether (sulfide) groups is 1. The van der Waals surface area contributed by atoms with Gasteiger partial charge < -0.3 is 19.4 Å². The van der Waals surface area contributed by atoms with Crippen molar-refractivity contribution in [1.29, 1.82) is 5.26 Å². The molecule has 0 bridgehead atoms. The quantitative estimate of drug-likeness (QED) is 0.325. The summed E-state index contributed by atoms with van der Waals surface area (Å²) in [6.07, 6.45) is 1.71. The number of carbonyl (C=O) groups excluding carboxylic acids is 3. The second-order valence-corrected chi connectivity index (χ2v) is 10.2. The van der Waals surface area contributed by atoms with Crippen LogP contribution in [0.15, 0.2) is 71.6 Å². The van der Waals surface area contributed by atoms with Gasteiger partial charge in [0.2, 0.25) is 12.7 Å². The molecule has 0 radical (unpaired) electrons. The third kappa shape index (κ3) is 4.57. The van der Waals surface area contributed by atoms with Crippen molar-refractivity contribution in [3.05, 3.63) is 94.0 Å². The number of nitrogens with one attached hydrogen (secondary N) is 1. The maximum absolute atomic E-state index is 13.2. The van der Waals surface area contributed by atoms with E-state index in [1.54, 1.807) is 30.3 Å². The molecule has 1 aromatic heterocycles. The zero-order valence-electron chi connectivity index (χ0n) is 21.3. The summed E-state index contributed by atoms with van der Waals surface area (Å²) < 4.78 is 12.7. The summed E-state index contributed by atoms with van der Waals surface area (Å²) in [6, 6.07) is 22.5. The molecule has 2 aliphatic rings. The van der Waals surface area contributed by atoms with E-state index in [0.29, 0.717) is 29.3 Å². The van der Waals surface area contributed by atoms with Gasteiger partial charge in [0, 0.05) is 40.5 Å². The number of hydrogen-bond donors (Lipinski definition) is 1. The van der Waals surface area contributed by atoms with Gasteiger partial charge in [0.15, 0.2) is 11.5 Å². The van der Waals surface area contributed by atoms with Crippen LogP contribution in [0.3, 0.4) is 0 Å². The fourth-order valence-corrected chi connectivity index (χ4v) is 5.69. The molecular weight excluding hydrogens is 528 g/mol. The lowest BCUT2D eigenvalue weighted by atomic mass is 10.1. The maximum Gasteiger partial charge on any atom is 0.294 e. The van der Waals surface area contributed by atoms with E-state index in [1.165, 1.54) is 0 Å². The molecular formula is C30H22N4O5S. The van der Waals surface area contributed by atoms with Crippen LogP contribution < -0.4 is 14.8 Å². The Morgan fingerprint density at radius 3 is 2.70 bits per heavy atom. The Balaban J connectivity index is 1.25. The van der Waals surface area contributed by atoms with E-state index in [2.05, 4.69) is 16.0 Å². The van der Waals surface area contributed by atoms with E-state index in [4.69, 9.17) is 9.47 Å². The van der Waals surface area contributed by atoms with Gasteiger partial charge in [-0.1, -0.05) is 36.4 Å². The van der Waals surface area contributed by atoms with E-state index in [0.717, 1.165) is 44.4 Å². The zero-order valence-corrected chi connectivity index (χ0v) is 22.2. The minimum Gasteiger partial charge on any atom is -0.454 e. The molecule has 0 atom stereocenters. The van der Waals surface area contributed by atoms with Crippen molar-refractivity contribution in [2.75, 3.05) is 18.7 Å². The molecule has 3 amide bonds. The summed E-state index contributed by atoms with van der Waals surface area (Å²) >= 11 is 0.807. The lowest BCUT2D eigenvalue weighted by Gasteiger charge is -2.12. The molecule has 3 aromatic carbocycles. The van der Waals surface area contributed by atoms with E-state index in [9.17, 15) is 19.6 Å². The summed E-state index contributed by atoms with van der Waals surface area (Å²) in [5.41, 5.74) is 4.59. The zero-order chi connectivity index (χ0) is 27.8. The molecule has 40 heavy (non-hydrogen) atoms. The second kappa shape index (κ2) is 10.3. The van der Waals surface area contributed by atoms with Crippen molar-refractivity contribution in [3.8, 4) is 17.6 Å². The summed E-state index contributed by atoms with van der Waals surface area (Å²) in [4.78, 5) is 39.9. The van der Waals surface area contributed by atoms with Crippen molar-refractivity contribution in [3.63, 3.8) is 0 Å². The average Bonchev–Trinajstić information content (AvgIpc) is 3.61. The lowest BCUT2D eigenvalue weighted by molar-refractivity contribution is -0.127. The van der Waals surface area contributed by atoms with Crippen LogP contribution in [0.4, 0.5) is 10.5 Å². The van der Waals surface area contributed by atoms with Gasteiger partial charge in [0.1, 0.15) is 6.54 Å². The topological polar surface area (TPSA) is 114 Å². The number of nitrogens with zero attached hydrogens (tertiary/aromatic N) is 3. The molecule has 10 heteroatoms. The van der Waals surface area contributed by atoms with Gasteiger partial charge >= 0.3 is 0 Å². The number of nitriles is 1. The number of amides is 3. The molecule has 1 saturated heterocycles. The molecule has 1 fully saturated rings. The van der Waals surface area contributed by atoms with Gasteiger partial charge in [-0.2, -0.15) is 5.26 Å². The number of hydrogen-bond acceptors (Lipinski definition) is 7. The Labute approximate surface area is 233 Å². The molecule has 0 spiro atoms. The first-order chi connectivity index (χ1) is 19.4. The summed E-state index contributed by atoms with van der Waals surface area (Å²) in [5, 5.41) is 12.7. The molecule has 9 nitrogen and oxygen atoms in total. The molecule has 3 heterocycles. The number of para-hydroxylation sites is 1. The highest BCUT2D eigenvalue weighted by Gasteiger charge is 2.36. The van der Waals surface area contributed by atoms with E-state index in [1.807, 2.05) is 49.4 Å². The molecule has 2 aliphatic heterocycles. The third-order valence-electron chi connectivity index (χ3n) is 6.85. The van der Waals surface area contributed by atoms with Gasteiger partial charge in [0.05, 0.1) is 16.5 Å². The lowest BCUT2D eigenvalue weighted by Crippen LogP contribution is -2.36. The summed E-state index contributed by atoms with van der Waals surface area (Å²) in [5.74, 6) is 0.0609. The third-order valence-corrected chi connectivity index (χ3v) is 7.76. The van der Waals surface area contributed by atoms with Crippen LogP contribution in [0.5, 0.6) is 11.5 Å². The van der Waals surface area contributed by atoms with Crippen molar-refractivity contribution in [1.82, 2.24) is 9.47 Å². The Kier molecular flexibility index (Phi) is 6.50. The Bertz CT molecular complexity index is 1780. The highest BCUT2D eigenvalue weighted by atomic mass is 32.2. The monoisotopic (exact) mass is 550 g/mol. The van der Waals surface area contributed by atoms with Crippen LogP contribution >= 0.6 is 11.8 Å². The van der Waals surface area contributed by atoms with E-state index < -0.39 is 23.6 Å². The minimum atomic E-state index is -0.526. The molecule has 198 valence electrons. The van der Waals surface area contributed by atoms with Gasteiger partial charge in [-0.25, -0.2) is 0 Å². The summed E-state index contributed by atoms with van der Waals surface area (Å²) in [7, 11) is 0. The highest BCUT2D eigenvalue weighted by molar-refractivity contribution is 8.18. The van der Waals surface area contributed by atoms with Gasteiger partial charge in [-0.15, -0.1) is 0 Å². The number of benzene rings is 3. The van der Waals surface area contributed by atoms with Crippen LogP contribution in [0.1, 0.15) is 22.4 Å². The van der Waals surface area contributed by atoms with E-state index >= 15 is 0 Å². The van der Waals surface area contributed by atoms with Crippen LogP contribution in [-0.2, 0) is 16.1 Å². The largest absolute Gasteiger partial charge is 0.454 e. The van der Waals surface area contributed by atoms with Crippen LogP contribution in [0, 0.1) is 18.3 Å². The Morgan fingerprint density at radius 2 is 1.85 bits per heavy atom. The molecule has 0 aliphatic carbocycles. The number of anilines is 1. The molecule has 1 N–H and O–H groups in total. The van der Waals surface area contributed by atoms with Gasteiger partial charge in [-0.05, 0) is 54.6 Å². The highest BCUT2D eigenvalue weighted by Crippen LogP contribution is 2.37. The second-order valence-electron chi connectivity index (χ2n) is 9.26. The normalized spacial score (nSPS) is 15.2. The van der Waals surface area contributed by atoms with E-state index in [-0.39, 0.29) is 11.7 Å². The first-order valence-electron chi connectivity index (χ1n) is 12.4. The first-order valence-corrected chi connectivity index (χ1v) is 13.3. The SMILES string of the molecule is Cc1c(/C=C2\SC(=O)N(CC(=O)Nc3ccc4c(c3)OCO4)C2=O)c2ccccc2n1Cc1ccccc1C#N. The van der Waals surface area contributed by atoms with Gasteiger partial charge in [0.25, 0.3) is 11.1 Å². The molecule has 6 rings (SSSR count). The predicted octanol–water partition coefficient (Wildman–Crippen LogP) is 5.27. The number of rotatable bonds is 6. The van der Waals surface area contributed by atoms with Crippen molar-refractivity contribution < 1.29 is 23.9 Å². The minimum absolute atomic E-state index is 0.112. The van der Waals surface area contributed by atoms with Gasteiger partial charge in [-0.3, -0.25) is 19.3 Å². The Hall–Kier alpha value is -5.01. The summed E-state index contributed by atoms with van der Waals surface area (Å²) in [6.45, 7) is 2.12. The first kappa shape index (κ1) is 25.3. The fourth-order valence-electron chi connectivity index (χ4n) is 4.87. The molecule has 0 saturated carbocycles. The smallest absolute Gasteiger partial charge is 0.294 e. The van der Waals surface area contributed by atoms with Crippen molar-refractivity contribution >= 4 is 51.5 Å². The maximum atomic E-state index is 13.2. The molecule has 4 aromatic rings. The molecule has 0 unspecified atom stereocenters. The fraction of sp³-hybridized carbons (Fsp3) is 0.133. The standard InChI is InChI=1S/C30H22N4O5S/c1-18-23(22-8-4-5-9-24(22)33(18)15-20-7-3-2-6-19(20)14-31)13-27-29(36)34(30(37)40-27)16-28(35)32-21-10-11-25-26(12-21)39-17-38-25/h2-13H,15-17H2,1H3,(H,32,35)/b27-13-. The van der Waals surface area contributed by atoms with Crippen LogP contribution in [-0.4, -0.2) is 39.9 Å². The van der Waals surface area contributed by atoms with Crippen LogP contribution in [0.2, 0.25) is 0 Å². The van der Waals surface area contributed by atoms with Crippen molar-refractivity contribution in [2.45, 2.75) is 13.5 Å². The number of aromatic nitrogens is 1.